The van der Waals surface area contributed by atoms with Crippen LogP contribution in [0.5, 0.6) is 0 Å². The van der Waals surface area contributed by atoms with E-state index >= 15 is 0 Å². The molecule has 0 saturated carbocycles. The minimum Gasteiger partial charge on any atom is -0.314 e. The molecule has 0 amide bonds. The summed E-state index contributed by atoms with van der Waals surface area (Å²) in [5.74, 6) is 0. The van der Waals surface area contributed by atoms with Gasteiger partial charge in [-0.2, -0.15) is 5.10 Å². The van der Waals surface area contributed by atoms with E-state index in [-0.39, 0.29) is 4.90 Å². The number of nitrogens with one attached hydrogen (secondary N) is 2. The molecule has 0 radical (unpaired) electrons. The summed E-state index contributed by atoms with van der Waals surface area (Å²) < 4.78 is 29.0. The molecule has 1 aliphatic rings. The van der Waals surface area contributed by atoms with Gasteiger partial charge in [-0.3, -0.25) is 4.68 Å². The summed E-state index contributed by atoms with van der Waals surface area (Å²) in [6.07, 6.45) is 3.78. The van der Waals surface area contributed by atoms with Crippen molar-refractivity contribution in [2.24, 2.45) is 0 Å². The number of aromatic nitrogens is 2. The topological polar surface area (TPSA) is 79.3 Å². The largest absolute Gasteiger partial charge is 0.314 e. The zero-order valence-corrected chi connectivity index (χ0v) is 15.1. The van der Waals surface area contributed by atoms with E-state index in [1.54, 1.807) is 10.9 Å². The van der Waals surface area contributed by atoms with E-state index in [4.69, 9.17) is 0 Å². The number of nitrogens with zero attached hydrogens (tertiary/aromatic N) is 3. The summed E-state index contributed by atoms with van der Waals surface area (Å²) in [5, 5.41) is 7.47. The minimum absolute atomic E-state index is 0.214. The lowest BCUT2D eigenvalue weighted by molar-refractivity contribution is 0.239. The summed E-state index contributed by atoms with van der Waals surface area (Å²) in [5.41, 5.74) is 1.08. The van der Waals surface area contributed by atoms with Crippen molar-refractivity contribution < 1.29 is 8.42 Å². The Hall–Kier alpha value is -1.74. The SMILES string of the molecule is O=S(=O)(NCCCN1CCNCC1)c1cnn(Cc2ccccc2)c1. The minimum atomic E-state index is -3.50. The third-order valence-corrected chi connectivity index (χ3v) is 5.68. The molecule has 1 aromatic heterocycles. The zero-order valence-electron chi connectivity index (χ0n) is 14.3. The molecule has 3 rings (SSSR count). The van der Waals surface area contributed by atoms with Crippen LogP contribution in [0.15, 0.2) is 47.6 Å². The molecule has 7 nitrogen and oxygen atoms in total. The molecule has 0 atom stereocenters. The first-order valence-corrected chi connectivity index (χ1v) is 10.1. The molecule has 0 aliphatic carbocycles. The summed E-state index contributed by atoms with van der Waals surface area (Å²) in [7, 11) is -3.50. The number of rotatable bonds is 8. The highest BCUT2D eigenvalue weighted by Gasteiger charge is 2.16. The van der Waals surface area contributed by atoms with Gasteiger partial charge in [0.15, 0.2) is 0 Å². The molecular formula is C17H25N5O2S. The quantitative estimate of drug-likeness (QED) is 0.668. The van der Waals surface area contributed by atoms with Crippen molar-refractivity contribution in [1.82, 2.24) is 24.7 Å². The molecule has 1 fully saturated rings. The molecule has 8 heteroatoms. The van der Waals surface area contributed by atoms with Crippen LogP contribution in [0.2, 0.25) is 0 Å². The Balaban J connectivity index is 1.48. The molecule has 0 unspecified atom stereocenters. The van der Waals surface area contributed by atoms with Gasteiger partial charge in [-0.25, -0.2) is 13.1 Å². The second-order valence-corrected chi connectivity index (χ2v) is 7.97. The van der Waals surface area contributed by atoms with E-state index in [2.05, 4.69) is 20.0 Å². The Morgan fingerprint density at radius 1 is 1.16 bits per heavy atom. The van der Waals surface area contributed by atoms with Crippen LogP contribution in [0.1, 0.15) is 12.0 Å². The van der Waals surface area contributed by atoms with Gasteiger partial charge in [0.2, 0.25) is 10.0 Å². The Morgan fingerprint density at radius 3 is 2.68 bits per heavy atom. The van der Waals surface area contributed by atoms with Crippen LogP contribution in [-0.2, 0) is 16.6 Å². The normalized spacial score (nSPS) is 16.2. The summed E-state index contributed by atoms with van der Waals surface area (Å²) in [4.78, 5) is 2.56. The van der Waals surface area contributed by atoms with Crippen molar-refractivity contribution in [2.75, 3.05) is 39.3 Å². The van der Waals surface area contributed by atoms with Gasteiger partial charge in [0.1, 0.15) is 4.90 Å². The molecule has 2 heterocycles. The molecule has 2 aromatic rings. The first-order valence-electron chi connectivity index (χ1n) is 8.63. The Morgan fingerprint density at radius 2 is 1.92 bits per heavy atom. The van der Waals surface area contributed by atoms with Crippen molar-refractivity contribution in [3.05, 3.63) is 48.3 Å². The molecule has 0 spiro atoms. The maximum Gasteiger partial charge on any atom is 0.243 e. The van der Waals surface area contributed by atoms with Gasteiger partial charge in [-0.05, 0) is 18.5 Å². The first-order chi connectivity index (χ1) is 12.1. The Bertz CT molecular complexity index is 754. The van der Waals surface area contributed by atoms with Crippen LogP contribution in [0, 0.1) is 0 Å². The number of hydrogen-bond donors (Lipinski definition) is 2. The van der Waals surface area contributed by atoms with Crippen molar-refractivity contribution in [1.29, 1.82) is 0 Å². The smallest absolute Gasteiger partial charge is 0.243 e. The molecule has 1 saturated heterocycles. The van der Waals surface area contributed by atoms with E-state index in [1.807, 2.05) is 30.3 Å². The maximum absolute atomic E-state index is 12.4. The highest BCUT2D eigenvalue weighted by Crippen LogP contribution is 2.09. The predicted molar refractivity (Wildman–Crippen MR) is 96.9 cm³/mol. The van der Waals surface area contributed by atoms with Gasteiger partial charge < -0.3 is 10.2 Å². The number of sulfonamides is 1. The highest BCUT2D eigenvalue weighted by atomic mass is 32.2. The average Bonchev–Trinajstić information content (AvgIpc) is 3.10. The second-order valence-electron chi connectivity index (χ2n) is 6.20. The number of piperazine rings is 1. The van der Waals surface area contributed by atoms with Gasteiger partial charge in [-0.1, -0.05) is 30.3 Å². The van der Waals surface area contributed by atoms with Crippen LogP contribution in [0.3, 0.4) is 0 Å². The van der Waals surface area contributed by atoms with Gasteiger partial charge >= 0.3 is 0 Å². The monoisotopic (exact) mass is 363 g/mol. The summed E-state index contributed by atoms with van der Waals surface area (Å²) in [6.45, 7) is 5.98. The van der Waals surface area contributed by atoms with Crippen molar-refractivity contribution in [3.8, 4) is 0 Å². The number of hydrogen-bond acceptors (Lipinski definition) is 5. The molecule has 2 N–H and O–H groups in total. The van der Waals surface area contributed by atoms with Crippen LogP contribution in [-0.4, -0.2) is 62.4 Å². The van der Waals surface area contributed by atoms with E-state index in [0.29, 0.717) is 13.1 Å². The van der Waals surface area contributed by atoms with Crippen LogP contribution >= 0.6 is 0 Å². The molecule has 136 valence electrons. The van der Waals surface area contributed by atoms with E-state index in [0.717, 1.165) is 44.7 Å². The predicted octanol–water partition coefficient (Wildman–Crippen LogP) is 0.505. The lowest BCUT2D eigenvalue weighted by Gasteiger charge is -2.26. The molecule has 25 heavy (non-hydrogen) atoms. The van der Waals surface area contributed by atoms with Crippen LogP contribution < -0.4 is 10.0 Å². The van der Waals surface area contributed by atoms with Crippen LogP contribution in [0.25, 0.3) is 0 Å². The third-order valence-electron chi connectivity index (χ3n) is 4.26. The summed E-state index contributed by atoms with van der Waals surface area (Å²) in [6, 6.07) is 9.84. The fourth-order valence-corrected chi connectivity index (χ4v) is 3.89. The van der Waals surface area contributed by atoms with Crippen molar-refractivity contribution >= 4 is 10.0 Å². The highest BCUT2D eigenvalue weighted by molar-refractivity contribution is 7.89. The zero-order chi connectivity index (χ0) is 17.5. The molecule has 1 aliphatic heterocycles. The van der Waals surface area contributed by atoms with E-state index < -0.39 is 10.0 Å². The Labute approximate surface area is 149 Å². The fraction of sp³-hybridized carbons (Fsp3) is 0.471. The number of benzene rings is 1. The van der Waals surface area contributed by atoms with Crippen molar-refractivity contribution in [3.63, 3.8) is 0 Å². The van der Waals surface area contributed by atoms with E-state index in [1.165, 1.54) is 6.20 Å². The lowest BCUT2D eigenvalue weighted by Crippen LogP contribution is -2.44. The molecular weight excluding hydrogens is 338 g/mol. The van der Waals surface area contributed by atoms with E-state index in [9.17, 15) is 8.42 Å². The molecule has 0 bridgehead atoms. The van der Waals surface area contributed by atoms with Gasteiger partial charge in [-0.15, -0.1) is 0 Å². The molecule has 1 aromatic carbocycles. The summed E-state index contributed by atoms with van der Waals surface area (Å²) >= 11 is 0. The maximum atomic E-state index is 12.4. The Kier molecular flexibility index (Phi) is 6.19. The standard InChI is InChI=1S/C17H25N5O2S/c23-25(24,20-7-4-10-21-11-8-18-9-12-21)17-13-19-22(15-17)14-16-5-2-1-3-6-16/h1-3,5-6,13,15,18,20H,4,7-12,14H2. The first kappa shape index (κ1) is 18.1. The lowest BCUT2D eigenvalue weighted by atomic mass is 10.2. The average molecular weight is 363 g/mol. The van der Waals surface area contributed by atoms with Crippen molar-refractivity contribution in [2.45, 2.75) is 17.9 Å². The second kappa shape index (κ2) is 8.57. The van der Waals surface area contributed by atoms with Gasteiger partial charge in [0.05, 0.1) is 12.7 Å². The third kappa shape index (κ3) is 5.37. The van der Waals surface area contributed by atoms with Gasteiger partial charge in [0, 0.05) is 38.9 Å². The van der Waals surface area contributed by atoms with Gasteiger partial charge in [0.25, 0.3) is 0 Å². The van der Waals surface area contributed by atoms with Crippen LogP contribution in [0.4, 0.5) is 0 Å². The fourth-order valence-electron chi connectivity index (χ4n) is 2.87.